The average molecular weight is 120 g/mol. The van der Waals surface area contributed by atoms with E-state index < -0.39 is 9.84 Å². The Kier molecular flexibility index (Phi) is 1.05. The molecule has 0 spiro atoms. The molecule has 1 aliphatic rings. The summed E-state index contributed by atoms with van der Waals surface area (Å²) in [5, 5.41) is 0. The van der Waals surface area contributed by atoms with Crippen LogP contribution in [0.3, 0.4) is 0 Å². The summed E-state index contributed by atoms with van der Waals surface area (Å²) in [6.07, 6.45) is 0. The molecule has 0 N–H and O–H groups in total. The first-order chi connectivity index (χ1) is 3.21. The Labute approximate surface area is 42.2 Å². The van der Waals surface area contributed by atoms with Gasteiger partial charge in [0.05, 0.1) is 12.4 Å². The summed E-state index contributed by atoms with van der Waals surface area (Å²) in [6.45, 7) is 0.266. The molecule has 0 aromatic heterocycles. The van der Waals surface area contributed by atoms with Crippen LogP contribution in [-0.4, -0.2) is 20.8 Å². The SMILES string of the molecule is O=S1(=O)[C]OCC1. The molecular formula is C3H4O3S. The molecule has 2 radical (unpaired) electrons. The summed E-state index contributed by atoms with van der Waals surface area (Å²) >= 11 is 0. The Bertz CT molecular complexity index is 134. The molecule has 4 heteroatoms. The van der Waals surface area contributed by atoms with Gasteiger partial charge < -0.3 is 4.74 Å². The monoisotopic (exact) mass is 120 g/mol. The van der Waals surface area contributed by atoms with Crippen LogP contribution < -0.4 is 0 Å². The van der Waals surface area contributed by atoms with Crippen LogP contribution in [0.25, 0.3) is 0 Å². The van der Waals surface area contributed by atoms with E-state index >= 15 is 0 Å². The van der Waals surface area contributed by atoms with E-state index in [0.29, 0.717) is 0 Å². The lowest BCUT2D eigenvalue weighted by molar-refractivity contribution is 0.265. The molecule has 1 heterocycles. The molecule has 0 atom stereocenters. The standard InChI is InChI=1S/C3H4O3S/c4-7(5)2-1-6-3-7/h1-2H2. The van der Waals surface area contributed by atoms with E-state index in [9.17, 15) is 8.42 Å². The number of sulfone groups is 1. The molecule has 1 fully saturated rings. The van der Waals surface area contributed by atoms with E-state index in [0.717, 1.165) is 0 Å². The fraction of sp³-hybridized carbons (Fsp3) is 0.667. The van der Waals surface area contributed by atoms with Gasteiger partial charge in [0.2, 0.25) is 0 Å². The molecule has 1 aliphatic heterocycles. The predicted molar refractivity (Wildman–Crippen MR) is 23.0 cm³/mol. The molecule has 1 rings (SSSR count). The third-order valence-corrected chi connectivity index (χ3v) is 1.72. The first-order valence-electron chi connectivity index (χ1n) is 1.82. The quantitative estimate of drug-likeness (QED) is 0.430. The maximum absolute atomic E-state index is 10.2. The molecule has 0 saturated carbocycles. The highest BCUT2D eigenvalue weighted by atomic mass is 32.2. The van der Waals surface area contributed by atoms with Crippen LogP contribution in [0, 0.1) is 5.94 Å². The van der Waals surface area contributed by atoms with Gasteiger partial charge in [0.15, 0.2) is 9.84 Å². The summed E-state index contributed by atoms with van der Waals surface area (Å²) in [5.41, 5.74) is 0. The van der Waals surface area contributed by atoms with Crippen molar-refractivity contribution >= 4 is 9.84 Å². The third kappa shape index (κ3) is 1.14. The first kappa shape index (κ1) is 5.05. The molecule has 40 valence electrons. The van der Waals surface area contributed by atoms with Gasteiger partial charge in [-0.2, -0.15) is 0 Å². The van der Waals surface area contributed by atoms with Gasteiger partial charge >= 0.3 is 0 Å². The van der Waals surface area contributed by atoms with Gasteiger partial charge in [-0.3, -0.25) is 0 Å². The highest BCUT2D eigenvalue weighted by Crippen LogP contribution is 2.04. The van der Waals surface area contributed by atoms with Gasteiger partial charge in [-0.1, -0.05) is 0 Å². The van der Waals surface area contributed by atoms with Crippen LogP contribution in [0.4, 0.5) is 0 Å². The third-order valence-electron chi connectivity index (χ3n) is 0.640. The molecule has 0 amide bonds. The highest BCUT2D eigenvalue weighted by molar-refractivity contribution is 7.93. The number of hydrogen-bond donors (Lipinski definition) is 0. The summed E-state index contributed by atoms with van der Waals surface area (Å²) in [5.74, 6) is 1.96. The first-order valence-corrected chi connectivity index (χ1v) is 3.47. The largest absolute Gasteiger partial charge is 0.351 e. The number of rotatable bonds is 0. The highest BCUT2D eigenvalue weighted by Gasteiger charge is 2.19. The minimum Gasteiger partial charge on any atom is -0.351 e. The Balaban J connectivity index is 2.76. The van der Waals surface area contributed by atoms with Gasteiger partial charge in [-0.25, -0.2) is 8.42 Å². The molecule has 7 heavy (non-hydrogen) atoms. The summed E-state index contributed by atoms with van der Waals surface area (Å²) in [7, 11) is -3.02. The van der Waals surface area contributed by atoms with Gasteiger partial charge in [0.1, 0.15) is 0 Å². The predicted octanol–water partition coefficient (Wildman–Crippen LogP) is -0.572. The Morgan fingerprint density at radius 1 is 1.57 bits per heavy atom. The Morgan fingerprint density at radius 3 is 2.43 bits per heavy atom. The minimum absolute atomic E-state index is 0.0903. The lowest BCUT2D eigenvalue weighted by Crippen LogP contribution is -1.95. The van der Waals surface area contributed by atoms with Gasteiger partial charge in [0, 0.05) is 0 Å². The van der Waals surface area contributed by atoms with Crippen molar-refractivity contribution in [3.05, 3.63) is 5.94 Å². The van der Waals surface area contributed by atoms with E-state index in [1.165, 1.54) is 0 Å². The van der Waals surface area contributed by atoms with E-state index in [1.807, 2.05) is 5.94 Å². The zero-order valence-corrected chi connectivity index (χ0v) is 4.36. The topological polar surface area (TPSA) is 43.4 Å². The van der Waals surface area contributed by atoms with Crippen LogP contribution in [0.15, 0.2) is 0 Å². The minimum atomic E-state index is -3.02. The molecule has 1 saturated heterocycles. The van der Waals surface area contributed by atoms with Gasteiger partial charge in [-0.15, -0.1) is 0 Å². The van der Waals surface area contributed by atoms with Crippen LogP contribution in [0.2, 0.25) is 0 Å². The summed E-state index contributed by atoms with van der Waals surface area (Å²) in [4.78, 5) is 0. The summed E-state index contributed by atoms with van der Waals surface area (Å²) in [6, 6.07) is 0. The van der Waals surface area contributed by atoms with E-state index in [2.05, 4.69) is 4.74 Å². The fourth-order valence-corrected chi connectivity index (χ4v) is 0.973. The fourth-order valence-electron chi connectivity index (χ4n) is 0.324. The van der Waals surface area contributed by atoms with Crippen LogP contribution in [0.5, 0.6) is 0 Å². The maximum atomic E-state index is 10.2. The van der Waals surface area contributed by atoms with E-state index in [1.54, 1.807) is 0 Å². The maximum Gasteiger partial charge on any atom is 0.264 e. The van der Waals surface area contributed by atoms with Crippen molar-refractivity contribution in [2.45, 2.75) is 0 Å². The van der Waals surface area contributed by atoms with Crippen LogP contribution in [-0.2, 0) is 14.6 Å². The molecule has 0 bridgehead atoms. The van der Waals surface area contributed by atoms with Crippen molar-refractivity contribution in [3.63, 3.8) is 0 Å². The van der Waals surface area contributed by atoms with Gasteiger partial charge in [0.25, 0.3) is 5.94 Å². The molecule has 0 aromatic rings. The lowest BCUT2D eigenvalue weighted by Gasteiger charge is -1.76. The molecular weight excluding hydrogens is 116 g/mol. The molecule has 0 unspecified atom stereocenters. The van der Waals surface area contributed by atoms with Crippen molar-refractivity contribution < 1.29 is 13.2 Å². The van der Waals surface area contributed by atoms with Crippen molar-refractivity contribution in [1.29, 1.82) is 0 Å². The molecule has 0 aliphatic carbocycles. The zero-order chi connectivity index (χ0) is 5.33. The van der Waals surface area contributed by atoms with Crippen molar-refractivity contribution in [2.75, 3.05) is 12.4 Å². The van der Waals surface area contributed by atoms with Crippen molar-refractivity contribution in [3.8, 4) is 0 Å². The molecule has 3 nitrogen and oxygen atoms in total. The molecule has 0 aromatic carbocycles. The normalized spacial score (nSPS) is 28.0. The Hall–Kier alpha value is -0.0900. The average Bonchev–Trinajstić information content (AvgIpc) is 1.84. The van der Waals surface area contributed by atoms with Crippen LogP contribution >= 0.6 is 0 Å². The van der Waals surface area contributed by atoms with E-state index in [-0.39, 0.29) is 12.4 Å². The van der Waals surface area contributed by atoms with Crippen molar-refractivity contribution in [2.24, 2.45) is 0 Å². The zero-order valence-electron chi connectivity index (χ0n) is 3.55. The second kappa shape index (κ2) is 1.45. The lowest BCUT2D eigenvalue weighted by atomic mass is 10.9. The second-order valence-electron chi connectivity index (χ2n) is 1.25. The van der Waals surface area contributed by atoms with Gasteiger partial charge in [-0.05, 0) is 0 Å². The van der Waals surface area contributed by atoms with Crippen molar-refractivity contribution in [1.82, 2.24) is 0 Å². The Morgan fingerprint density at radius 2 is 2.29 bits per heavy atom. The van der Waals surface area contributed by atoms with E-state index in [4.69, 9.17) is 0 Å². The summed E-state index contributed by atoms with van der Waals surface area (Å²) < 4.78 is 24.7. The smallest absolute Gasteiger partial charge is 0.264 e. The second-order valence-corrected chi connectivity index (χ2v) is 3.06. The number of hydrogen-bond acceptors (Lipinski definition) is 3. The number of ether oxygens (including phenoxy) is 1. The van der Waals surface area contributed by atoms with Crippen LogP contribution in [0.1, 0.15) is 0 Å².